The quantitative estimate of drug-likeness (QED) is 0.916. The molecular weight excluding hydrogens is 262 g/mol. The van der Waals surface area contributed by atoms with E-state index in [-0.39, 0.29) is 11.9 Å². The topological polar surface area (TPSA) is 46.9 Å². The van der Waals surface area contributed by atoms with Crippen molar-refractivity contribution < 1.29 is 4.79 Å². The zero-order valence-corrected chi connectivity index (χ0v) is 13.2. The fourth-order valence-corrected chi connectivity index (χ4v) is 2.22. The molecule has 1 amide bonds. The highest BCUT2D eigenvalue weighted by molar-refractivity contribution is 5.95. The molecule has 0 bridgehead atoms. The predicted molar refractivity (Wildman–Crippen MR) is 84.9 cm³/mol. The fraction of sp³-hybridized carbons (Fsp3) is 0.412. The van der Waals surface area contributed by atoms with Crippen LogP contribution in [0.15, 0.2) is 30.5 Å². The first-order valence-corrected chi connectivity index (χ1v) is 7.51. The van der Waals surface area contributed by atoms with Gasteiger partial charge in [-0.15, -0.1) is 0 Å². The summed E-state index contributed by atoms with van der Waals surface area (Å²) >= 11 is 0. The molecule has 1 unspecified atom stereocenters. The molecular formula is C17H23N3O. The molecule has 0 radical (unpaired) electrons. The lowest BCUT2D eigenvalue weighted by atomic mass is 10.1. The molecule has 4 nitrogen and oxygen atoms in total. The Morgan fingerprint density at radius 2 is 1.95 bits per heavy atom. The number of hydrogen-bond donors (Lipinski definition) is 1. The first-order chi connectivity index (χ1) is 10.1. The lowest BCUT2D eigenvalue weighted by molar-refractivity contribution is 0.0938. The van der Waals surface area contributed by atoms with Crippen LogP contribution in [0.2, 0.25) is 0 Å². The Hall–Kier alpha value is -2.10. The zero-order chi connectivity index (χ0) is 15.4. The summed E-state index contributed by atoms with van der Waals surface area (Å²) < 4.78 is 1.85. The molecule has 0 fully saturated rings. The normalized spacial score (nSPS) is 12.2. The molecule has 0 saturated heterocycles. The van der Waals surface area contributed by atoms with Gasteiger partial charge in [-0.05, 0) is 38.8 Å². The van der Waals surface area contributed by atoms with E-state index in [0.717, 1.165) is 24.2 Å². The van der Waals surface area contributed by atoms with Crippen LogP contribution in [0.25, 0.3) is 5.69 Å². The Labute approximate surface area is 126 Å². The minimum atomic E-state index is -0.0421. The van der Waals surface area contributed by atoms with E-state index in [1.54, 1.807) is 6.20 Å². The van der Waals surface area contributed by atoms with E-state index < -0.39 is 0 Å². The van der Waals surface area contributed by atoms with Gasteiger partial charge in [0, 0.05) is 6.04 Å². The molecule has 0 aliphatic carbocycles. The van der Waals surface area contributed by atoms with Crippen molar-refractivity contribution >= 4 is 5.91 Å². The number of carbonyl (C=O) groups excluding carboxylic acids is 1. The SMILES string of the molecule is CCc1c(C(=O)NC(C)CC)cnn1-c1ccc(C)cc1. The van der Waals surface area contributed by atoms with Crippen molar-refractivity contribution in [3.05, 3.63) is 47.3 Å². The lowest BCUT2D eigenvalue weighted by Gasteiger charge is -2.12. The van der Waals surface area contributed by atoms with Gasteiger partial charge < -0.3 is 5.32 Å². The number of nitrogens with one attached hydrogen (secondary N) is 1. The van der Waals surface area contributed by atoms with E-state index in [1.165, 1.54) is 5.56 Å². The van der Waals surface area contributed by atoms with E-state index >= 15 is 0 Å². The van der Waals surface area contributed by atoms with Gasteiger partial charge in [0.25, 0.3) is 5.91 Å². The van der Waals surface area contributed by atoms with Gasteiger partial charge in [0.2, 0.25) is 0 Å². The number of aromatic nitrogens is 2. The first kappa shape index (κ1) is 15.3. The second-order valence-corrected chi connectivity index (χ2v) is 5.39. The highest BCUT2D eigenvalue weighted by Gasteiger charge is 2.18. The second kappa shape index (κ2) is 6.57. The van der Waals surface area contributed by atoms with Crippen molar-refractivity contribution in [1.82, 2.24) is 15.1 Å². The third kappa shape index (κ3) is 3.32. The minimum Gasteiger partial charge on any atom is -0.349 e. The molecule has 2 aromatic rings. The summed E-state index contributed by atoms with van der Waals surface area (Å²) in [6, 6.07) is 8.32. The lowest BCUT2D eigenvalue weighted by Crippen LogP contribution is -2.32. The van der Waals surface area contributed by atoms with Crippen LogP contribution in [0, 0.1) is 6.92 Å². The van der Waals surface area contributed by atoms with Gasteiger partial charge in [0.15, 0.2) is 0 Å². The molecule has 1 heterocycles. The summed E-state index contributed by atoms with van der Waals surface area (Å²) in [5.41, 5.74) is 3.80. The van der Waals surface area contributed by atoms with Crippen molar-refractivity contribution in [2.75, 3.05) is 0 Å². The monoisotopic (exact) mass is 285 g/mol. The van der Waals surface area contributed by atoms with E-state index in [1.807, 2.05) is 30.7 Å². The molecule has 1 aromatic carbocycles. The van der Waals surface area contributed by atoms with Gasteiger partial charge in [-0.3, -0.25) is 4.79 Å². The van der Waals surface area contributed by atoms with E-state index in [4.69, 9.17) is 0 Å². The fourth-order valence-electron chi connectivity index (χ4n) is 2.22. The summed E-state index contributed by atoms with van der Waals surface area (Å²) in [5.74, 6) is -0.0421. The van der Waals surface area contributed by atoms with Crippen LogP contribution in [0.1, 0.15) is 48.8 Å². The summed E-state index contributed by atoms with van der Waals surface area (Å²) in [5, 5.41) is 7.40. The molecule has 0 spiro atoms. The second-order valence-electron chi connectivity index (χ2n) is 5.39. The standard InChI is InChI=1S/C17H23N3O/c1-5-13(4)19-17(21)15-11-18-20(16(15)6-2)14-9-7-12(3)8-10-14/h7-11,13H,5-6H2,1-4H3,(H,19,21). The molecule has 2 rings (SSSR count). The smallest absolute Gasteiger partial charge is 0.254 e. The molecule has 0 saturated carbocycles. The Bertz CT molecular complexity index is 613. The maximum atomic E-state index is 12.3. The highest BCUT2D eigenvalue weighted by Crippen LogP contribution is 2.16. The number of aryl methyl sites for hydroxylation is 1. The third-order valence-corrected chi connectivity index (χ3v) is 3.72. The predicted octanol–water partition coefficient (Wildman–Crippen LogP) is 3.27. The van der Waals surface area contributed by atoms with Crippen molar-refractivity contribution in [3.8, 4) is 5.69 Å². The van der Waals surface area contributed by atoms with Crippen LogP contribution in [-0.2, 0) is 6.42 Å². The van der Waals surface area contributed by atoms with Crippen LogP contribution in [0.3, 0.4) is 0 Å². The van der Waals surface area contributed by atoms with E-state index in [0.29, 0.717) is 5.56 Å². The number of nitrogens with zero attached hydrogens (tertiary/aromatic N) is 2. The van der Waals surface area contributed by atoms with Crippen molar-refractivity contribution in [1.29, 1.82) is 0 Å². The van der Waals surface area contributed by atoms with Gasteiger partial charge in [-0.2, -0.15) is 5.10 Å². The van der Waals surface area contributed by atoms with Crippen LogP contribution < -0.4 is 5.32 Å². The number of rotatable bonds is 5. The molecule has 0 aliphatic heterocycles. The highest BCUT2D eigenvalue weighted by atomic mass is 16.1. The molecule has 0 aliphatic rings. The number of amides is 1. The van der Waals surface area contributed by atoms with E-state index in [9.17, 15) is 4.79 Å². The molecule has 1 atom stereocenters. The largest absolute Gasteiger partial charge is 0.349 e. The number of benzene rings is 1. The Balaban J connectivity index is 2.34. The van der Waals surface area contributed by atoms with Crippen LogP contribution in [-0.4, -0.2) is 21.7 Å². The number of carbonyl (C=O) groups is 1. The summed E-state index contributed by atoms with van der Waals surface area (Å²) in [4.78, 5) is 12.3. The third-order valence-electron chi connectivity index (χ3n) is 3.72. The average molecular weight is 285 g/mol. The molecule has 21 heavy (non-hydrogen) atoms. The van der Waals surface area contributed by atoms with Gasteiger partial charge in [-0.1, -0.05) is 31.5 Å². The van der Waals surface area contributed by atoms with Gasteiger partial charge in [-0.25, -0.2) is 4.68 Å². The summed E-state index contributed by atoms with van der Waals surface area (Å²) in [6.45, 7) is 8.16. The van der Waals surface area contributed by atoms with Gasteiger partial charge >= 0.3 is 0 Å². The number of hydrogen-bond acceptors (Lipinski definition) is 2. The van der Waals surface area contributed by atoms with Crippen molar-refractivity contribution in [2.24, 2.45) is 0 Å². The molecule has 112 valence electrons. The molecule has 1 N–H and O–H groups in total. The minimum absolute atomic E-state index is 0.0421. The Kier molecular flexibility index (Phi) is 4.78. The van der Waals surface area contributed by atoms with Crippen LogP contribution >= 0.6 is 0 Å². The van der Waals surface area contributed by atoms with E-state index in [2.05, 4.69) is 36.4 Å². The van der Waals surface area contributed by atoms with Crippen LogP contribution in [0.5, 0.6) is 0 Å². The van der Waals surface area contributed by atoms with Gasteiger partial charge in [0.05, 0.1) is 23.1 Å². The van der Waals surface area contributed by atoms with Crippen molar-refractivity contribution in [3.63, 3.8) is 0 Å². The maximum absolute atomic E-state index is 12.3. The molecule has 4 heteroatoms. The summed E-state index contributed by atoms with van der Waals surface area (Å²) in [7, 11) is 0. The summed E-state index contributed by atoms with van der Waals surface area (Å²) in [6.07, 6.45) is 3.34. The first-order valence-electron chi connectivity index (χ1n) is 7.51. The average Bonchev–Trinajstić information content (AvgIpc) is 2.91. The Morgan fingerprint density at radius 3 is 2.52 bits per heavy atom. The maximum Gasteiger partial charge on any atom is 0.254 e. The van der Waals surface area contributed by atoms with Crippen molar-refractivity contribution in [2.45, 2.75) is 46.6 Å². The molecule has 1 aromatic heterocycles. The van der Waals surface area contributed by atoms with Crippen LogP contribution in [0.4, 0.5) is 0 Å². The van der Waals surface area contributed by atoms with Gasteiger partial charge in [0.1, 0.15) is 0 Å². The Morgan fingerprint density at radius 1 is 1.29 bits per heavy atom. The zero-order valence-electron chi connectivity index (χ0n) is 13.2.